The van der Waals surface area contributed by atoms with Crippen LogP contribution in [-0.4, -0.2) is 16.3 Å². The molecule has 2 aromatic rings. The number of rotatable bonds is 6. The first-order chi connectivity index (χ1) is 10.1. The fourth-order valence-electron chi connectivity index (χ4n) is 2.59. The average Bonchev–Trinajstić information content (AvgIpc) is 2.91. The number of halogens is 1. The number of nitrogens with one attached hydrogen (secondary N) is 1. The van der Waals surface area contributed by atoms with Gasteiger partial charge in [-0.1, -0.05) is 26.0 Å². The van der Waals surface area contributed by atoms with Crippen molar-refractivity contribution in [2.24, 2.45) is 0 Å². The summed E-state index contributed by atoms with van der Waals surface area (Å²) in [5.74, 6) is -0.160. The molecule has 0 aliphatic carbocycles. The number of nitrogens with zero attached hydrogens (tertiary/aromatic N) is 2. The molecular weight excluding hydrogens is 265 g/mol. The molecule has 4 heteroatoms. The van der Waals surface area contributed by atoms with Crippen LogP contribution in [0.25, 0.3) is 0 Å². The Hall–Kier alpha value is -1.68. The molecule has 1 aromatic carbocycles. The second-order valence-electron chi connectivity index (χ2n) is 5.23. The van der Waals surface area contributed by atoms with Gasteiger partial charge in [-0.05, 0) is 50.1 Å². The van der Waals surface area contributed by atoms with Crippen molar-refractivity contribution in [3.63, 3.8) is 0 Å². The Labute approximate surface area is 126 Å². The predicted molar refractivity (Wildman–Crippen MR) is 83.9 cm³/mol. The summed E-state index contributed by atoms with van der Waals surface area (Å²) in [4.78, 5) is 0. The van der Waals surface area contributed by atoms with Gasteiger partial charge in [-0.3, -0.25) is 4.68 Å². The number of hydrogen-bond donors (Lipinski definition) is 1. The zero-order valence-electron chi connectivity index (χ0n) is 13.3. The van der Waals surface area contributed by atoms with Crippen molar-refractivity contribution in [3.05, 3.63) is 52.6 Å². The molecule has 21 heavy (non-hydrogen) atoms. The van der Waals surface area contributed by atoms with E-state index < -0.39 is 0 Å². The molecule has 0 amide bonds. The lowest BCUT2D eigenvalue weighted by atomic mass is 10.0. The summed E-state index contributed by atoms with van der Waals surface area (Å²) >= 11 is 0. The molecule has 1 atom stereocenters. The molecule has 0 saturated heterocycles. The molecule has 1 aromatic heterocycles. The molecule has 1 unspecified atom stereocenters. The number of hydrogen-bond acceptors (Lipinski definition) is 2. The first-order valence-electron chi connectivity index (χ1n) is 7.66. The van der Waals surface area contributed by atoms with Crippen LogP contribution in [0.15, 0.2) is 24.3 Å². The lowest BCUT2D eigenvalue weighted by Gasteiger charge is -2.20. The quantitative estimate of drug-likeness (QED) is 0.880. The highest BCUT2D eigenvalue weighted by atomic mass is 19.1. The van der Waals surface area contributed by atoms with Crippen LogP contribution in [0, 0.1) is 12.7 Å². The zero-order valence-corrected chi connectivity index (χ0v) is 13.3. The minimum atomic E-state index is -0.160. The fraction of sp³-hybridized carbons (Fsp3) is 0.471. The van der Waals surface area contributed by atoms with Crippen LogP contribution in [-0.2, 0) is 13.0 Å². The van der Waals surface area contributed by atoms with Gasteiger partial charge in [0.15, 0.2) is 0 Å². The van der Waals surface area contributed by atoms with Gasteiger partial charge in [0.25, 0.3) is 0 Å². The van der Waals surface area contributed by atoms with Gasteiger partial charge in [0, 0.05) is 6.54 Å². The lowest BCUT2D eigenvalue weighted by molar-refractivity contribution is 0.538. The Morgan fingerprint density at radius 3 is 2.57 bits per heavy atom. The van der Waals surface area contributed by atoms with Gasteiger partial charge in [-0.2, -0.15) is 5.10 Å². The van der Waals surface area contributed by atoms with Crippen molar-refractivity contribution in [2.45, 2.75) is 46.7 Å². The van der Waals surface area contributed by atoms with Crippen molar-refractivity contribution in [2.75, 3.05) is 6.54 Å². The maximum absolute atomic E-state index is 13.5. The highest BCUT2D eigenvalue weighted by Crippen LogP contribution is 2.25. The molecule has 0 aliphatic heterocycles. The van der Waals surface area contributed by atoms with Gasteiger partial charge in [0.05, 0.1) is 17.4 Å². The molecule has 0 bridgehead atoms. The van der Waals surface area contributed by atoms with E-state index in [0.29, 0.717) is 5.56 Å². The molecular formula is C17H24FN3. The number of aryl methyl sites for hydroxylation is 3. The van der Waals surface area contributed by atoms with E-state index in [1.165, 1.54) is 0 Å². The summed E-state index contributed by atoms with van der Waals surface area (Å²) < 4.78 is 15.5. The van der Waals surface area contributed by atoms with E-state index in [4.69, 9.17) is 0 Å². The van der Waals surface area contributed by atoms with Crippen LogP contribution in [0.2, 0.25) is 0 Å². The van der Waals surface area contributed by atoms with Crippen molar-refractivity contribution in [3.8, 4) is 0 Å². The second kappa shape index (κ2) is 6.85. The molecule has 2 rings (SSSR count). The normalized spacial score (nSPS) is 12.6. The Morgan fingerprint density at radius 1 is 1.24 bits per heavy atom. The van der Waals surface area contributed by atoms with Gasteiger partial charge < -0.3 is 5.32 Å². The highest BCUT2D eigenvalue weighted by molar-refractivity contribution is 5.32. The summed E-state index contributed by atoms with van der Waals surface area (Å²) in [6.45, 7) is 9.76. The van der Waals surface area contributed by atoms with E-state index in [1.54, 1.807) is 13.0 Å². The summed E-state index contributed by atoms with van der Waals surface area (Å²) in [5, 5.41) is 8.11. The number of benzene rings is 1. The highest BCUT2D eigenvalue weighted by Gasteiger charge is 2.19. The van der Waals surface area contributed by atoms with Crippen LogP contribution < -0.4 is 5.32 Å². The third kappa shape index (κ3) is 3.32. The first-order valence-corrected chi connectivity index (χ1v) is 7.66. The summed E-state index contributed by atoms with van der Waals surface area (Å²) in [5.41, 5.74) is 3.98. The standard InChI is InChI=1S/C17H24FN3/c1-5-14-11-16(21(7-3)20-14)17(19-6-2)13-8-9-15(18)12(4)10-13/h8-11,17,19H,5-7H2,1-4H3. The summed E-state index contributed by atoms with van der Waals surface area (Å²) in [6, 6.07) is 7.51. The van der Waals surface area contributed by atoms with Crippen LogP contribution in [0.5, 0.6) is 0 Å². The predicted octanol–water partition coefficient (Wildman–Crippen LogP) is 3.61. The van der Waals surface area contributed by atoms with Gasteiger partial charge in [0.2, 0.25) is 0 Å². The Kier molecular flexibility index (Phi) is 5.12. The molecule has 3 nitrogen and oxygen atoms in total. The van der Waals surface area contributed by atoms with Gasteiger partial charge in [0.1, 0.15) is 5.82 Å². The average molecular weight is 289 g/mol. The largest absolute Gasteiger partial charge is 0.305 e. The van der Waals surface area contributed by atoms with Crippen LogP contribution in [0.4, 0.5) is 4.39 Å². The molecule has 0 fully saturated rings. The minimum Gasteiger partial charge on any atom is -0.305 e. The van der Waals surface area contributed by atoms with E-state index in [9.17, 15) is 4.39 Å². The molecule has 0 saturated carbocycles. The van der Waals surface area contributed by atoms with Crippen molar-refractivity contribution < 1.29 is 4.39 Å². The summed E-state index contributed by atoms with van der Waals surface area (Å²) in [6.07, 6.45) is 0.918. The second-order valence-corrected chi connectivity index (χ2v) is 5.23. The molecule has 114 valence electrons. The SMILES string of the molecule is CCNC(c1ccc(F)c(C)c1)c1cc(CC)nn1CC. The van der Waals surface area contributed by atoms with E-state index in [0.717, 1.165) is 36.5 Å². The van der Waals surface area contributed by atoms with E-state index >= 15 is 0 Å². The third-order valence-corrected chi connectivity index (χ3v) is 3.74. The Bertz CT molecular complexity index is 604. The molecule has 0 radical (unpaired) electrons. The van der Waals surface area contributed by atoms with Crippen LogP contribution in [0.3, 0.4) is 0 Å². The minimum absolute atomic E-state index is 0.0436. The first kappa shape index (κ1) is 15.7. The topological polar surface area (TPSA) is 29.9 Å². The van der Waals surface area contributed by atoms with Gasteiger partial charge in [-0.15, -0.1) is 0 Å². The Morgan fingerprint density at radius 2 is 2.00 bits per heavy atom. The van der Waals surface area contributed by atoms with Crippen molar-refractivity contribution in [1.82, 2.24) is 15.1 Å². The third-order valence-electron chi connectivity index (χ3n) is 3.74. The monoisotopic (exact) mass is 289 g/mol. The van der Waals surface area contributed by atoms with Crippen LogP contribution in [0.1, 0.15) is 49.3 Å². The molecule has 1 N–H and O–H groups in total. The maximum atomic E-state index is 13.5. The van der Waals surface area contributed by atoms with Gasteiger partial charge in [-0.25, -0.2) is 4.39 Å². The maximum Gasteiger partial charge on any atom is 0.126 e. The molecule has 0 aliphatic rings. The zero-order chi connectivity index (χ0) is 15.4. The smallest absolute Gasteiger partial charge is 0.126 e. The Balaban J connectivity index is 2.47. The number of aromatic nitrogens is 2. The summed E-state index contributed by atoms with van der Waals surface area (Å²) in [7, 11) is 0. The van der Waals surface area contributed by atoms with E-state index in [-0.39, 0.29) is 11.9 Å². The fourth-order valence-corrected chi connectivity index (χ4v) is 2.59. The molecule has 0 spiro atoms. The van der Waals surface area contributed by atoms with E-state index in [2.05, 4.69) is 37.3 Å². The lowest BCUT2D eigenvalue weighted by Crippen LogP contribution is -2.25. The van der Waals surface area contributed by atoms with Crippen molar-refractivity contribution in [1.29, 1.82) is 0 Å². The molecule has 1 heterocycles. The van der Waals surface area contributed by atoms with Gasteiger partial charge >= 0.3 is 0 Å². The van der Waals surface area contributed by atoms with E-state index in [1.807, 2.05) is 16.8 Å². The van der Waals surface area contributed by atoms with Crippen molar-refractivity contribution >= 4 is 0 Å². The van der Waals surface area contributed by atoms with Crippen LogP contribution >= 0.6 is 0 Å².